The van der Waals surface area contributed by atoms with Crippen LogP contribution in [0.4, 0.5) is 5.69 Å². The van der Waals surface area contributed by atoms with Crippen molar-refractivity contribution in [1.29, 1.82) is 0 Å². The number of anilines is 1. The van der Waals surface area contributed by atoms with Gasteiger partial charge in [0.05, 0.1) is 6.20 Å². The van der Waals surface area contributed by atoms with Crippen LogP contribution in [-0.4, -0.2) is 49.6 Å². The highest BCUT2D eigenvalue weighted by Crippen LogP contribution is 2.27. The van der Waals surface area contributed by atoms with Gasteiger partial charge in [0.2, 0.25) is 5.75 Å². The smallest absolute Gasteiger partial charge is 0.296 e. The number of rotatable bonds is 4. The van der Waals surface area contributed by atoms with Crippen LogP contribution in [0.3, 0.4) is 0 Å². The van der Waals surface area contributed by atoms with Crippen LogP contribution in [0, 0.1) is 0 Å². The Morgan fingerprint density at radius 1 is 1.28 bits per heavy atom. The van der Waals surface area contributed by atoms with Crippen molar-refractivity contribution in [3.05, 3.63) is 69.2 Å². The van der Waals surface area contributed by atoms with Crippen LogP contribution in [0.1, 0.15) is 45.4 Å². The molecule has 0 radical (unpaired) electrons. The van der Waals surface area contributed by atoms with Gasteiger partial charge in [-0.15, -0.1) is 0 Å². The SMILES string of the molecule is Cn1c(C2CCCN(C(=O)c3ccc(Cl)cc3)C2)nc(C(=O)Nc2cnoc2)c(O)c1=O. The van der Waals surface area contributed by atoms with Crippen molar-refractivity contribution in [2.24, 2.45) is 7.05 Å². The third kappa shape index (κ3) is 4.22. The monoisotopic (exact) mass is 457 g/mol. The topological polar surface area (TPSA) is 131 Å². The lowest BCUT2D eigenvalue weighted by atomic mass is 9.96. The molecule has 1 atom stereocenters. The molecule has 2 N–H and O–H groups in total. The van der Waals surface area contributed by atoms with Gasteiger partial charge in [-0.2, -0.15) is 0 Å². The maximum absolute atomic E-state index is 12.9. The number of likely N-dealkylation sites (tertiary alicyclic amines) is 1. The summed E-state index contributed by atoms with van der Waals surface area (Å²) >= 11 is 5.91. The molecule has 2 amide bonds. The minimum absolute atomic E-state index is 0.152. The maximum Gasteiger partial charge on any atom is 0.296 e. The van der Waals surface area contributed by atoms with Gasteiger partial charge >= 0.3 is 0 Å². The third-order valence-corrected chi connectivity index (χ3v) is 5.62. The standard InChI is InChI=1S/C21H20ClN5O5/c1-26-18(25-16(17(28)21(26)31)19(29)24-15-9-23-32-11-15)13-3-2-8-27(10-13)20(30)12-4-6-14(22)7-5-12/h4-7,9,11,13,28H,2-3,8,10H2,1H3,(H,24,29). The Morgan fingerprint density at radius 2 is 2.03 bits per heavy atom. The van der Waals surface area contributed by atoms with Crippen LogP contribution in [-0.2, 0) is 7.05 Å². The van der Waals surface area contributed by atoms with Crippen molar-refractivity contribution in [3.63, 3.8) is 0 Å². The number of benzene rings is 1. The lowest BCUT2D eigenvalue weighted by Crippen LogP contribution is -2.41. The Balaban J connectivity index is 1.61. The summed E-state index contributed by atoms with van der Waals surface area (Å²) in [6.45, 7) is 0.879. The summed E-state index contributed by atoms with van der Waals surface area (Å²) in [5, 5.41) is 16.7. The Kier molecular flexibility index (Phi) is 5.95. The second-order valence-corrected chi connectivity index (χ2v) is 7.93. The first-order valence-electron chi connectivity index (χ1n) is 9.90. The minimum Gasteiger partial charge on any atom is -0.501 e. The Hall–Kier alpha value is -3.66. The van der Waals surface area contributed by atoms with Crippen molar-refractivity contribution >= 4 is 29.1 Å². The highest BCUT2D eigenvalue weighted by Gasteiger charge is 2.30. The van der Waals surface area contributed by atoms with Gasteiger partial charge in [0, 0.05) is 36.6 Å². The van der Waals surface area contributed by atoms with E-state index in [0.29, 0.717) is 42.3 Å². The van der Waals surface area contributed by atoms with Gasteiger partial charge in [-0.3, -0.25) is 19.0 Å². The van der Waals surface area contributed by atoms with Crippen molar-refractivity contribution in [2.45, 2.75) is 18.8 Å². The predicted octanol–water partition coefficient (Wildman–Crippen LogP) is 2.40. The Labute approximate surface area is 187 Å². The normalized spacial score (nSPS) is 16.1. The summed E-state index contributed by atoms with van der Waals surface area (Å²) in [5.74, 6) is -1.65. The quantitative estimate of drug-likeness (QED) is 0.615. The number of hydrogen-bond acceptors (Lipinski definition) is 7. The van der Waals surface area contributed by atoms with Crippen LogP contribution < -0.4 is 10.9 Å². The summed E-state index contributed by atoms with van der Waals surface area (Å²) in [5.41, 5.74) is -0.371. The first kappa shape index (κ1) is 21.6. The van der Waals surface area contributed by atoms with E-state index in [0.717, 1.165) is 0 Å². The molecule has 1 fully saturated rings. The number of nitrogens with one attached hydrogen (secondary N) is 1. The number of hydrogen-bond donors (Lipinski definition) is 2. The molecule has 166 valence electrons. The number of piperidine rings is 1. The van der Waals surface area contributed by atoms with Crippen LogP contribution in [0.25, 0.3) is 0 Å². The van der Waals surface area contributed by atoms with Gasteiger partial charge in [0.25, 0.3) is 17.4 Å². The Bertz CT molecular complexity index is 1210. The van der Waals surface area contributed by atoms with Crippen LogP contribution in [0.5, 0.6) is 5.75 Å². The molecule has 1 saturated heterocycles. The van der Waals surface area contributed by atoms with E-state index in [1.54, 1.807) is 29.2 Å². The van der Waals surface area contributed by atoms with E-state index in [2.05, 4.69) is 20.0 Å². The second kappa shape index (κ2) is 8.83. The average Bonchev–Trinajstić information content (AvgIpc) is 3.31. The molecule has 4 rings (SSSR count). The molecular formula is C21H20ClN5O5. The summed E-state index contributed by atoms with van der Waals surface area (Å²) in [4.78, 5) is 44.1. The summed E-state index contributed by atoms with van der Waals surface area (Å²) in [7, 11) is 1.48. The van der Waals surface area contributed by atoms with Crippen LogP contribution >= 0.6 is 11.6 Å². The molecule has 1 aromatic carbocycles. The number of aromatic hydroxyl groups is 1. The number of carbonyl (C=O) groups is 2. The second-order valence-electron chi connectivity index (χ2n) is 7.50. The fourth-order valence-corrected chi connectivity index (χ4v) is 3.86. The zero-order valence-electron chi connectivity index (χ0n) is 17.1. The van der Waals surface area contributed by atoms with E-state index in [-0.39, 0.29) is 17.5 Å². The van der Waals surface area contributed by atoms with Crippen molar-refractivity contribution in [1.82, 2.24) is 19.6 Å². The zero-order chi connectivity index (χ0) is 22.8. The third-order valence-electron chi connectivity index (χ3n) is 5.37. The summed E-state index contributed by atoms with van der Waals surface area (Å²) < 4.78 is 5.88. The molecule has 0 aliphatic carbocycles. The van der Waals surface area contributed by atoms with E-state index in [4.69, 9.17) is 11.6 Å². The number of amides is 2. The lowest BCUT2D eigenvalue weighted by Gasteiger charge is -2.33. The highest BCUT2D eigenvalue weighted by molar-refractivity contribution is 6.30. The van der Waals surface area contributed by atoms with E-state index < -0.39 is 22.9 Å². The van der Waals surface area contributed by atoms with E-state index in [1.165, 1.54) is 24.1 Å². The number of aromatic nitrogens is 3. The zero-order valence-corrected chi connectivity index (χ0v) is 17.9. The van der Waals surface area contributed by atoms with E-state index in [9.17, 15) is 19.5 Å². The summed E-state index contributed by atoms with van der Waals surface area (Å²) in [6.07, 6.45) is 3.85. The highest BCUT2D eigenvalue weighted by atomic mass is 35.5. The van der Waals surface area contributed by atoms with E-state index in [1.807, 2.05) is 0 Å². The van der Waals surface area contributed by atoms with Gasteiger partial charge < -0.3 is 19.8 Å². The molecule has 3 heterocycles. The molecule has 0 bridgehead atoms. The van der Waals surface area contributed by atoms with Gasteiger partial charge in [-0.05, 0) is 37.1 Å². The van der Waals surface area contributed by atoms with Crippen molar-refractivity contribution in [2.75, 3.05) is 18.4 Å². The molecule has 1 aliphatic rings. The molecule has 2 aromatic heterocycles. The van der Waals surface area contributed by atoms with Crippen molar-refractivity contribution in [3.8, 4) is 5.75 Å². The van der Waals surface area contributed by atoms with Gasteiger partial charge in [-0.1, -0.05) is 16.8 Å². The molecule has 0 saturated carbocycles. The minimum atomic E-state index is -0.769. The first-order chi connectivity index (χ1) is 15.3. The molecule has 10 nitrogen and oxygen atoms in total. The van der Waals surface area contributed by atoms with Gasteiger partial charge in [0.1, 0.15) is 17.8 Å². The van der Waals surface area contributed by atoms with Crippen LogP contribution in [0.15, 0.2) is 46.0 Å². The molecule has 1 aliphatic heterocycles. The first-order valence-corrected chi connectivity index (χ1v) is 10.3. The average molecular weight is 458 g/mol. The van der Waals surface area contributed by atoms with Crippen molar-refractivity contribution < 1.29 is 19.2 Å². The largest absolute Gasteiger partial charge is 0.501 e. The number of nitrogens with zero attached hydrogens (tertiary/aromatic N) is 4. The lowest BCUT2D eigenvalue weighted by molar-refractivity contribution is 0.0702. The van der Waals surface area contributed by atoms with E-state index >= 15 is 0 Å². The molecule has 11 heteroatoms. The number of halogens is 1. The van der Waals surface area contributed by atoms with Gasteiger partial charge in [-0.25, -0.2) is 4.98 Å². The van der Waals surface area contributed by atoms with Gasteiger partial charge in [0.15, 0.2) is 5.69 Å². The Morgan fingerprint density at radius 3 is 2.72 bits per heavy atom. The fraction of sp³-hybridized carbons (Fsp3) is 0.286. The molecule has 0 spiro atoms. The molecule has 1 unspecified atom stereocenters. The fourth-order valence-electron chi connectivity index (χ4n) is 3.73. The number of carbonyl (C=O) groups excluding carboxylic acids is 2. The molecule has 3 aromatic rings. The van der Waals surface area contributed by atoms with Crippen LogP contribution in [0.2, 0.25) is 5.02 Å². The predicted molar refractivity (Wildman–Crippen MR) is 115 cm³/mol. The molecule has 32 heavy (non-hydrogen) atoms. The maximum atomic E-state index is 12.9. The molecular weight excluding hydrogens is 438 g/mol. The summed E-state index contributed by atoms with van der Waals surface area (Å²) in [6, 6.07) is 6.63.